The SMILES string of the molecule is CS(=O)(=O)NCCCNC(=O)Nc1cc(C(=O)Nc2ccccc2)ccc1Cl. The molecule has 4 N–H and O–H groups in total. The van der Waals surface area contributed by atoms with Gasteiger partial charge in [0.1, 0.15) is 0 Å². The zero-order valence-electron chi connectivity index (χ0n) is 15.2. The summed E-state index contributed by atoms with van der Waals surface area (Å²) in [5.74, 6) is -0.335. The molecule has 150 valence electrons. The van der Waals surface area contributed by atoms with Crippen molar-refractivity contribution in [3.8, 4) is 0 Å². The number of hydrogen-bond donors (Lipinski definition) is 4. The summed E-state index contributed by atoms with van der Waals surface area (Å²) in [6.07, 6.45) is 1.49. The van der Waals surface area contributed by atoms with E-state index in [4.69, 9.17) is 11.6 Å². The number of carbonyl (C=O) groups excluding carboxylic acids is 2. The summed E-state index contributed by atoms with van der Waals surface area (Å²) < 4.78 is 24.2. The quantitative estimate of drug-likeness (QED) is 0.487. The van der Waals surface area contributed by atoms with Gasteiger partial charge in [0.2, 0.25) is 10.0 Å². The zero-order chi connectivity index (χ0) is 20.6. The molecular formula is C18H21ClN4O4S. The summed E-state index contributed by atoms with van der Waals surface area (Å²) in [6, 6.07) is 13.0. The Bertz CT molecular complexity index is 936. The molecule has 0 aliphatic rings. The molecule has 0 saturated carbocycles. The summed E-state index contributed by atoms with van der Waals surface area (Å²) in [6.45, 7) is 0.481. The van der Waals surface area contributed by atoms with Crippen LogP contribution in [-0.2, 0) is 10.0 Å². The third-order valence-corrected chi connectivity index (χ3v) is 4.57. The number of nitrogens with one attached hydrogen (secondary N) is 4. The topological polar surface area (TPSA) is 116 Å². The molecule has 0 spiro atoms. The molecule has 2 aromatic carbocycles. The van der Waals surface area contributed by atoms with Crippen molar-refractivity contribution in [2.24, 2.45) is 0 Å². The van der Waals surface area contributed by atoms with E-state index in [0.29, 0.717) is 17.7 Å². The van der Waals surface area contributed by atoms with Gasteiger partial charge in [-0.25, -0.2) is 17.9 Å². The summed E-state index contributed by atoms with van der Waals surface area (Å²) in [7, 11) is -3.25. The van der Waals surface area contributed by atoms with Crippen molar-refractivity contribution < 1.29 is 18.0 Å². The Morgan fingerprint density at radius 3 is 2.39 bits per heavy atom. The van der Waals surface area contributed by atoms with Crippen LogP contribution in [-0.4, -0.2) is 39.7 Å². The first-order valence-corrected chi connectivity index (χ1v) is 10.7. The highest BCUT2D eigenvalue weighted by Gasteiger charge is 2.11. The first-order valence-electron chi connectivity index (χ1n) is 8.40. The Kier molecular flexibility index (Phi) is 7.80. The molecule has 3 amide bonds. The number of para-hydroxylation sites is 1. The maximum atomic E-state index is 12.3. The molecule has 2 rings (SSSR count). The van der Waals surface area contributed by atoms with Gasteiger partial charge in [-0.1, -0.05) is 29.8 Å². The number of anilines is 2. The van der Waals surface area contributed by atoms with Crippen LogP contribution in [0.4, 0.5) is 16.2 Å². The summed E-state index contributed by atoms with van der Waals surface area (Å²) >= 11 is 6.09. The molecule has 0 fully saturated rings. The monoisotopic (exact) mass is 424 g/mol. The molecule has 0 atom stereocenters. The van der Waals surface area contributed by atoms with Crippen LogP contribution < -0.4 is 20.7 Å². The Balaban J connectivity index is 1.90. The fraction of sp³-hybridized carbons (Fsp3) is 0.222. The van der Waals surface area contributed by atoms with Crippen molar-refractivity contribution in [3.63, 3.8) is 0 Å². The lowest BCUT2D eigenvalue weighted by molar-refractivity contribution is 0.102. The molecule has 0 radical (unpaired) electrons. The van der Waals surface area contributed by atoms with Gasteiger partial charge in [-0.05, 0) is 36.8 Å². The van der Waals surface area contributed by atoms with Gasteiger partial charge in [0.25, 0.3) is 5.91 Å². The average Bonchev–Trinajstić information content (AvgIpc) is 2.63. The van der Waals surface area contributed by atoms with Crippen molar-refractivity contribution in [1.29, 1.82) is 0 Å². The van der Waals surface area contributed by atoms with Gasteiger partial charge >= 0.3 is 6.03 Å². The number of sulfonamides is 1. The second-order valence-electron chi connectivity index (χ2n) is 5.92. The van der Waals surface area contributed by atoms with Crippen LogP contribution in [0.3, 0.4) is 0 Å². The van der Waals surface area contributed by atoms with Crippen molar-refractivity contribution in [1.82, 2.24) is 10.0 Å². The third kappa shape index (κ3) is 7.55. The third-order valence-electron chi connectivity index (χ3n) is 3.51. The lowest BCUT2D eigenvalue weighted by Crippen LogP contribution is -2.32. The van der Waals surface area contributed by atoms with Gasteiger partial charge in [-0.2, -0.15) is 0 Å². The molecule has 0 unspecified atom stereocenters. The first kappa shape index (κ1) is 21.7. The molecule has 8 nitrogen and oxygen atoms in total. The van der Waals surface area contributed by atoms with E-state index in [1.54, 1.807) is 30.3 Å². The van der Waals surface area contributed by atoms with Crippen LogP contribution in [0.1, 0.15) is 16.8 Å². The zero-order valence-corrected chi connectivity index (χ0v) is 16.7. The van der Waals surface area contributed by atoms with Crippen LogP contribution in [0, 0.1) is 0 Å². The lowest BCUT2D eigenvalue weighted by Gasteiger charge is -2.11. The molecule has 0 aromatic heterocycles. The van der Waals surface area contributed by atoms with Gasteiger partial charge in [-0.3, -0.25) is 4.79 Å². The minimum absolute atomic E-state index is 0.217. The van der Waals surface area contributed by atoms with Gasteiger partial charge in [-0.15, -0.1) is 0 Å². The molecule has 0 heterocycles. The first-order chi connectivity index (χ1) is 13.2. The van der Waals surface area contributed by atoms with Crippen LogP contribution in [0.25, 0.3) is 0 Å². The second kappa shape index (κ2) is 10.1. The van der Waals surface area contributed by atoms with Crippen molar-refractivity contribution in [2.45, 2.75) is 6.42 Å². The van der Waals surface area contributed by atoms with Crippen molar-refractivity contribution in [3.05, 3.63) is 59.1 Å². The van der Waals surface area contributed by atoms with E-state index in [1.165, 1.54) is 12.1 Å². The highest BCUT2D eigenvalue weighted by Crippen LogP contribution is 2.23. The maximum Gasteiger partial charge on any atom is 0.319 e. The van der Waals surface area contributed by atoms with Crippen molar-refractivity contribution in [2.75, 3.05) is 30.0 Å². The van der Waals surface area contributed by atoms with E-state index in [2.05, 4.69) is 20.7 Å². The number of amides is 3. The second-order valence-corrected chi connectivity index (χ2v) is 8.16. The normalized spacial score (nSPS) is 10.9. The minimum atomic E-state index is -3.25. The molecule has 0 bridgehead atoms. The number of hydrogen-bond acceptors (Lipinski definition) is 4. The Labute approximate surface area is 168 Å². The van der Waals surface area contributed by atoms with Crippen LogP contribution in [0.2, 0.25) is 5.02 Å². The maximum absolute atomic E-state index is 12.3. The van der Waals surface area contributed by atoms with E-state index in [9.17, 15) is 18.0 Å². The number of carbonyl (C=O) groups is 2. The fourth-order valence-electron chi connectivity index (χ4n) is 2.20. The Morgan fingerprint density at radius 2 is 1.71 bits per heavy atom. The smallest absolute Gasteiger partial charge is 0.319 e. The number of benzene rings is 2. The van der Waals surface area contributed by atoms with E-state index >= 15 is 0 Å². The molecule has 10 heteroatoms. The minimum Gasteiger partial charge on any atom is -0.338 e. The number of urea groups is 1. The highest BCUT2D eigenvalue weighted by atomic mass is 35.5. The number of halogens is 1. The van der Waals surface area contributed by atoms with Gasteiger partial charge in [0.15, 0.2) is 0 Å². The molecule has 0 aliphatic heterocycles. The predicted molar refractivity (Wildman–Crippen MR) is 110 cm³/mol. The summed E-state index contributed by atoms with van der Waals surface area (Å²) in [4.78, 5) is 24.3. The molecule has 0 saturated heterocycles. The fourth-order valence-corrected chi connectivity index (χ4v) is 2.88. The van der Waals surface area contributed by atoms with Gasteiger partial charge in [0, 0.05) is 24.3 Å². The summed E-state index contributed by atoms with van der Waals surface area (Å²) in [5, 5.41) is 8.20. The molecule has 2 aromatic rings. The van der Waals surface area contributed by atoms with E-state index in [0.717, 1.165) is 6.26 Å². The Morgan fingerprint density at radius 1 is 1.00 bits per heavy atom. The van der Waals surface area contributed by atoms with Crippen LogP contribution in [0.15, 0.2) is 48.5 Å². The summed E-state index contributed by atoms with van der Waals surface area (Å²) in [5.41, 5.74) is 1.27. The van der Waals surface area contributed by atoms with Gasteiger partial charge in [0.05, 0.1) is 17.0 Å². The molecule has 28 heavy (non-hydrogen) atoms. The standard InChI is InChI=1S/C18H21ClN4O4S/c1-28(26,27)21-11-5-10-20-18(25)23-16-12-13(8-9-15(16)19)17(24)22-14-6-3-2-4-7-14/h2-4,6-9,12,21H,5,10-11H2,1H3,(H,22,24)(H2,20,23,25). The Hall–Kier alpha value is -2.62. The van der Waals surface area contributed by atoms with Gasteiger partial charge < -0.3 is 16.0 Å². The van der Waals surface area contributed by atoms with Crippen LogP contribution in [0.5, 0.6) is 0 Å². The van der Waals surface area contributed by atoms with Crippen LogP contribution >= 0.6 is 11.6 Å². The largest absolute Gasteiger partial charge is 0.338 e. The van der Waals surface area contributed by atoms with E-state index < -0.39 is 16.1 Å². The highest BCUT2D eigenvalue weighted by molar-refractivity contribution is 7.88. The van der Waals surface area contributed by atoms with E-state index in [1.807, 2.05) is 6.07 Å². The van der Waals surface area contributed by atoms with E-state index in [-0.39, 0.29) is 29.7 Å². The molecular weight excluding hydrogens is 404 g/mol. The van der Waals surface area contributed by atoms with Crippen molar-refractivity contribution >= 4 is 44.9 Å². The lowest BCUT2D eigenvalue weighted by atomic mass is 10.2. The molecule has 0 aliphatic carbocycles. The average molecular weight is 425 g/mol. The number of rotatable bonds is 8. The predicted octanol–water partition coefficient (Wildman–Crippen LogP) is 2.65.